The van der Waals surface area contributed by atoms with E-state index in [1.807, 2.05) is 0 Å². The van der Waals surface area contributed by atoms with Crippen molar-refractivity contribution in [1.29, 1.82) is 0 Å². The van der Waals surface area contributed by atoms with E-state index in [-0.39, 0.29) is 5.56 Å². The molecule has 3 atom stereocenters. The number of hydrogen-bond donors (Lipinski definition) is 1. The molecule has 150 valence electrons. The van der Waals surface area contributed by atoms with E-state index in [1.54, 1.807) is 24.0 Å². The Morgan fingerprint density at radius 3 is 2.82 bits per heavy atom. The second kappa shape index (κ2) is 8.45. The van der Waals surface area contributed by atoms with Crippen molar-refractivity contribution in [2.24, 2.45) is 13.0 Å². The van der Waals surface area contributed by atoms with Crippen LogP contribution in [0.4, 0.5) is 5.82 Å². The van der Waals surface area contributed by atoms with Crippen molar-refractivity contribution in [3.8, 4) is 0 Å². The fraction of sp³-hybridized carbons (Fsp3) is 0.545. The summed E-state index contributed by atoms with van der Waals surface area (Å²) in [6, 6.07) is 11.6. The number of anilines is 1. The SMILES string of the molecule is CC1CN(Cc2ccccc2)CC1NC1CCCN(c2nccn(C)c2=O)C1. The second-order valence-corrected chi connectivity index (χ2v) is 8.38. The van der Waals surface area contributed by atoms with Gasteiger partial charge in [-0.15, -0.1) is 0 Å². The summed E-state index contributed by atoms with van der Waals surface area (Å²) < 4.78 is 1.61. The van der Waals surface area contributed by atoms with Crippen LogP contribution in [0.1, 0.15) is 25.3 Å². The van der Waals surface area contributed by atoms with Crippen molar-refractivity contribution in [2.45, 2.75) is 38.4 Å². The van der Waals surface area contributed by atoms with E-state index in [0.717, 1.165) is 45.6 Å². The Morgan fingerprint density at radius 1 is 1.18 bits per heavy atom. The van der Waals surface area contributed by atoms with Crippen molar-refractivity contribution >= 4 is 5.82 Å². The van der Waals surface area contributed by atoms with E-state index >= 15 is 0 Å². The first kappa shape index (κ1) is 19.2. The molecule has 6 nitrogen and oxygen atoms in total. The molecule has 6 heteroatoms. The highest BCUT2D eigenvalue weighted by atomic mass is 16.1. The zero-order valence-corrected chi connectivity index (χ0v) is 16.9. The van der Waals surface area contributed by atoms with E-state index in [1.165, 1.54) is 5.56 Å². The molecule has 4 rings (SSSR count). The lowest BCUT2D eigenvalue weighted by Gasteiger charge is -2.35. The molecule has 0 saturated carbocycles. The third kappa shape index (κ3) is 4.28. The Labute approximate surface area is 167 Å². The van der Waals surface area contributed by atoms with Gasteiger partial charge in [0, 0.05) is 64.2 Å². The Balaban J connectivity index is 1.36. The molecule has 2 aliphatic heterocycles. The van der Waals surface area contributed by atoms with E-state index in [4.69, 9.17) is 0 Å². The highest BCUT2D eigenvalue weighted by Crippen LogP contribution is 2.22. The number of aryl methyl sites for hydroxylation is 1. The van der Waals surface area contributed by atoms with Crippen LogP contribution in [0.2, 0.25) is 0 Å². The number of hydrogen-bond acceptors (Lipinski definition) is 5. The number of nitrogens with zero attached hydrogens (tertiary/aromatic N) is 4. The van der Waals surface area contributed by atoms with Gasteiger partial charge < -0.3 is 14.8 Å². The van der Waals surface area contributed by atoms with Gasteiger partial charge in [-0.05, 0) is 24.3 Å². The Hall–Kier alpha value is -2.18. The zero-order chi connectivity index (χ0) is 19.5. The first-order valence-electron chi connectivity index (χ1n) is 10.4. The molecule has 2 fully saturated rings. The molecule has 3 unspecified atom stereocenters. The van der Waals surface area contributed by atoms with Crippen molar-refractivity contribution in [3.05, 3.63) is 58.6 Å². The molecule has 0 bridgehead atoms. The van der Waals surface area contributed by atoms with Crippen LogP contribution in [0.25, 0.3) is 0 Å². The van der Waals surface area contributed by atoms with E-state index in [2.05, 4.69) is 57.4 Å². The quantitative estimate of drug-likeness (QED) is 0.857. The minimum Gasteiger partial charge on any atom is -0.350 e. The van der Waals surface area contributed by atoms with Gasteiger partial charge in [0.25, 0.3) is 5.56 Å². The summed E-state index contributed by atoms with van der Waals surface area (Å²) in [6.07, 6.45) is 5.68. The van der Waals surface area contributed by atoms with Crippen LogP contribution in [-0.2, 0) is 13.6 Å². The number of piperidine rings is 1. The van der Waals surface area contributed by atoms with Gasteiger partial charge in [0.2, 0.25) is 0 Å². The lowest BCUT2D eigenvalue weighted by molar-refractivity contribution is 0.308. The summed E-state index contributed by atoms with van der Waals surface area (Å²) in [7, 11) is 1.79. The summed E-state index contributed by atoms with van der Waals surface area (Å²) >= 11 is 0. The third-order valence-corrected chi connectivity index (χ3v) is 6.11. The summed E-state index contributed by atoms with van der Waals surface area (Å²) in [6.45, 7) is 7.34. The van der Waals surface area contributed by atoms with E-state index in [9.17, 15) is 4.79 Å². The van der Waals surface area contributed by atoms with Crippen LogP contribution < -0.4 is 15.8 Å². The molecule has 2 aliphatic rings. The van der Waals surface area contributed by atoms with Gasteiger partial charge in [-0.2, -0.15) is 0 Å². The van der Waals surface area contributed by atoms with Crippen molar-refractivity contribution < 1.29 is 0 Å². The predicted octanol–water partition coefficient (Wildman–Crippen LogP) is 1.86. The van der Waals surface area contributed by atoms with Gasteiger partial charge in [0.15, 0.2) is 5.82 Å². The molecular weight excluding hydrogens is 350 g/mol. The maximum absolute atomic E-state index is 12.4. The second-order valence-electron chi connectivity index (χ2n) is 8.38. The molecule has 1 N–H and O–H groups in total. The fourth-order valence-corrected chi connectivity index (χ4v) is 4.56. The maximum atomic E-state index is 12.4. The molecular formula is C22H31N5O. The van der Waals surface area contributed by atoms with Gasteiger partial charge in [-0.25, -0.2) is 4.98 Å². The van der Waals surface area contributed by atoms with Crippen LogP contribution in [-0.4, -0.2) is 52.7 Å². The Morgan fingerprint density at radius 2 is 2.00 bits per heavy atom. The molecule has 0 amide bonds. The molecule has 2 aromatic rings. The van der Waals surface area contributed by atoms with Crippen LogP contribution in [0, 0.1) is 5.92 Å². The summed E-state index contributed by atoms with van der Waals surface area (Å²) in [5.74, 6) is 1.21. The predicted molar refractivity (Wildman–Crippen MR) is 113 cm³/mol. The summed E-state index contributed by atoms with van der Waals surface area (Å²) in [5.41, 5.74) is 1.37. The van der Waals surface area contributed by atoms with Gasteiger partial charge in [0.1, 0.15) is 0 Å². The normalized spacial score (nSPS) is 25.9. The van der Waals surface area contributed by atoms with Gasteiger partial charge in [0.05, 0.1) is 0 Å². The van der Waals surface area contributed by atoms with Crippen LogP contribution >= 0.6 is 0 Å². The molecule has 0 spiro atoms. The van der Waals surface area contributed by atoms with Crippen molar-refractivity contribution in [3.63, 3.8) is 0 Å². The largest absolute Gasteiger partial charge is 0.350 e. The van der Waals surface area contributed by atoms with Gasteiger partial charge in [-0.3, -0.25) is 9.69 Å². The average molecular weight is 382 g/mol. The van der Waals surface area contributed by atoms with Crippen LogP contribution in [0.5, 0.6) is 0 Å². The molecule has 2 saturated heterocycles. The number of likely N-dealkylation sites (tertiary alicyclic amines) is 1. The highest BCUT2D eigenvalue weighted by molar-refractivity contribution is 5.36. The highest BCUT2D eigenvalue weighted by Gasteiger charge is 2.32. The van der Waals surface area contributed by atoms with Gasteiger partial charge in [-0.1, -0.05) is 37.3 Å². The number of benzene rings is 1. The lowest BCUT2D eigenvalue weighted by atomic mass is 10.0. The lowest BCUT2D eigenvalue weighted by Crippen LogP contribution is -2.52. The molecule has 28 heavy (non-hydrogen) atoms. The topological polar surface area (TPSA) is 53.4 Å². The minimum atomic E-state index is -0.00794. The van der Waals surface area contributed by atoms with Crippen molar-refractivity contribution in [1.82, 2.24) is 19.8 Å². The monoisotopic (exact) mass is 381 g/mol. The Bertz CT molecular complexity index is 836. The van der Waals surface area contributed by atoms with Gasteiger partial charge >= 0.3 is 0 Å². The summed E-state index contributed by atoms with van der Waals surface area (Å²) in [4.78, 5) is 21.5. The molecule has 0 radical (unpaired) electrons. The first-order chi connectivity index (χ1) is 13.6. The number of rotatable bonds is 5. The van der Waals surface area contributed by atoms with Crippen LogP contribution in [0.15, 0.2) is 47.5 Å². The maximum Gasteiger partial charge on any atom is 0.293 e. The number of aromatic nitrogens is 2. The number of nitrogens with one attached hydrogen (secondary N) is 1. The van der Waals surface area contributed by atoms with Crippen LogP contribution in [0.3, 0.4) is 0 Å². The zero-order valence-electron chi connectivity index (χ0n) is 16.9. The molecule has 1 aromatic carbocycles. The van der Waals surface area contributed by atoms with Crippen molar-refractivity contribution in [2.75, 3.05) is 31.1 Å². The smallest absolute Gasteiger partial charge is 0.293 e. The fourth-order valence-electron chi connectivity index (χ4n) is 4.56. The standard InChI is InChI=1S/C22H31N5O/c1-17-13-26(14-18-7-4-3-5-8-18)16-20(17)24-19-9-6-11-27(15-19)21-22(28)25(2)12-10-23-21/h3-5,7-8,10,12,17,19-20,24H,6,9,11,13-16H2,1-2H3. The first-order valence-corrected chi connectivity index (χ1v) is 10.4. The minimum absolute atomic E-state index is 0.00794. The molecule has 3 heterocycles. The van der Waals surface area contributed by atoms with E-state index < -0.39 is 0 Å². The third-order valence-electron chi connectivity index (χ3n) is 6.11. The average Bonchev–Trinajstić information content (AvgIpc) is 3.04. The summed E-state index contributed by atoms with van der Waals surface area (Å²) in [5, 5.41) is 3.90. The molecule has 0 aliphatic carbocycles. The Kier molecular flexibility index (Phi) is 5.78. The molecule has 1 aromatic heterocycles. The van der Waals surface area contributed by atoms with E-state index in [0.29, 0.717) is 23.8 Å².